The second-order valence-corrected chi connectivity index (χ2v) is 9.20. The van der Waals surface area contributed by atoms with Gasteiger partial charge in [0.15, 0.2) is 5.65 Å². The number of carbonyl (C=O) groups excluding carboxylic acids is 1. The fourth-order valence-electron chi connectivity index (χ4n) is 3.88. The van der Waals surface area contributed by atoms with Crippen molar-refractivity contribution in [3.8, 4) is 0 Å². The monoisotopic (exact) mass is 402 g/mol. The molecule has 5 nitrogen and oxygen atoms in total. The number of pyridine rings is 1. The standard InChI is InChI=1S/C25H30N4O/c1-6-14-28(16-18-10-8-7-9-11-18)24(30)20-15-21(19-12-13-19)26-23-22(20)17(2)27-29(23)25(3,4)5/h6-11,15,19H,1,12-14,16H2,2-5H3. The third kappa shape index (κ3) is 3.89. The van der Waals surface area contributed by atoms with Crippen molar-refractivity contribution < 1.29 is 4.79 Å². The maximum absolute atomic E-state index is 13.8. The molecule has 30 heavy (non-hydrogen) atoms. The lowest BCUT2D eigenvalue weighted by Crippen LogP contribution is -2.31. The Kier molecular flexibility index (Phi) is 5.22. The van der Waals surface area contributed by atoms with Crippen LogP contribution in [0, 0.1) is 6.92 Å². The van der Waals surface area contributed by atoms with Gasteiger partial charge in [0.25, 0.3) is 5.91 Å². The number of benzene rings is 1. The highest BCUT2D eigenvalue weighted by molar-refractivity contribution is 6.06. The highest BCUT2D eigenvalue weighted by Crippen LogP contribution is 2.41. The lowest BCUT2D eigenvalue weighted by atomic mass is 10.0. The Morgan fingerprint density at radius 1 is 1.27 bits per heavy atom. The minimum atomic E-state index is -0.215. The van der Waals surface area contributed by atoms with Gasteiger partial charge in [-0.25, -0.2) is 9.67 Å². The van der Waals surface area contributed by atoms with Crippen molar-refractivity contribution in [2.75, 3.05) is 6.54 Å². The molecule has 0 unspecified atom stereocenters. The van der Waals surface area contributed by atoms with Crippen LogP contribution in [-0.4, -0.2) is 32.1 Å². The van der Waals surface area contributed by atoms with Gasteiger partial charge in [-0.05, 0) is 52.2 Å². The number of aromatic nitrogens is 3. The molecule has 1 aliphatic carbocycles. The average Bonchev–Trinajstić information content (AvgIpc) is 3.50. The lowest BCUT2D eigenvalue weighted by molar-refractivity contribution is 0.0764. The first-order chi connectivity index (χ1) is 14.3. The number of hydrogen-bond donors (Lipinski definition) is 0. The molecule has 0 N–H and O–H groups in total. The smallest absolute Gasteiger partial charge is 0.255 e. The van der Waals surface area contributed by atoms with Crippen molar-refractivity contribution in [1.82, 2.24) is 19.7 Å². The molecule has 1 aromatic carbocycles. The Morgan fingerprint density at radius 2 is 1.97 bits per heavy atom. The zero-order valence-corrected chi connectivity index (χ0v) is 18.4. The van der Waals surface area contributed by atoms with E-state index in [1.165, 1.54) is 0 Å². The van der Waals surface area contributed by atoms with Crippen LogP contribution in [0.2, 0.25) is 0 Å². The molecule has 156 valence electrons. The zero-order valence-electron chi connectivity index (χ0n) is 18.4. The molecule has 2 heterocycles. The lowest BCUT2D eigenvalue weighted by Gasteiger charge is -2.23. The van der Waals surface area contributed by atoms with E-state index in [0.717, 1.165) is 40.8 Å². The molecule has 0 spiro atoms. The Bertz CT molecular complexity index is 1090. The molecular formula is C25H30N4O. The second-order valence-electron chi connectivity index (χ2n) is 9.20. The van der Waals surface area contributed by atoms with Crippen molar-refractivity contribution >= 4 is 16.9 Å². The van der Waals surface area contributed by atoms with Gasteiger partial charge in [-0.3, -0.25) is 4.79 Å². The normalized spacial score (nSPS) is 14.1. The molecule has 3 aromatic rings. The number of rotatable bonds is 6. The summed E-state index contributed by atoms with van der Waals surface area (Å²) in [5.41, 5.74) is 4.25. The maximum Gasteiger partial charge on any atom is 0.255 e. The number of hydrogen-bond acceptors (Lipinski definition) is 3. The van der Waals surface area contributed by atoms with Gasteiger partial charge in [0.2, 0.25) is 0 Å². The largest absolute Gasteiger partial charge is 0.331 e. The van der Waals surface area contributed by atoms with E-state index in [9.17, 15) is 4.79 Å². The van der Waals surface area contributed by atoms with E-state index < -0.39 is 0 Å². The first kappa shape index (κ1) is 20.3. The summed E-state index contributed by atoms with van der Waals surface area (Å²) in [6.45, 7) is 13.2. The molecule has 5 heteroatoms. The van der Waals surface area contributed by atoms with E-state index >= 15 is 0 Å². The highest BCUT2D eigenvalue weighted by Gasteiger charge is 2.31. The molecule has 0 saturated heterocycles. The highest BCUT2D eigenvalue weighted by atomic mass is 16.2. The van der Waals surface area contributed by atoms with Crippen molar-refractivity contribution in [3.05, 3.63) is 71.6 Å². The van der Waals surface area contributed by atoms with Crippen LogP contribution in [0.25, 0.3) is 11.0 Å². The molecule has 1 amide bonds. The summed E-state index contributed by atoms with van der Waals surface area (Å²) >= 11 is 0. The van der Waals surface area contributed by atoms with Crippen molar-refractivity contribution in [3.63, 3.8) is 0 Å². The van der Waals surface area contributed by atoms with Crippen molar-refractivity contribution in [1.29, 1.82) is 0 Å². The molecule has 0 radical (unpaired) electrons. The second kappa shape index (κ2) is 7.71. The Morgan fingerprint density at radius 3 is 2.57 bits per heavy atom. The van der Waals surface area contributed by atoms with Crippen LogP contribution in [0.1, 0.15) is 66.8 Å². The summed E-state index contributed by atoms with van der Waals surface area (Å²) in [4.78, 5) is 20.6. The van der Waals surface area contributed by atoms with Crippen LogP contribution < -0.4 is 0 Å². The molecule has 0 atom stereocenters. The van der Waals surface area contributed by atoms with Gasteiger partial charge in [-0.2, -0.15) is 5.10 Å². The molecule has 0 aliphatic heterocycles. The molecule has 2 aromatic heterocycles. The van der Waals surface area contributed by atoms with Gasteiger partial charge in [-0.1, -0.05) is 36.4 Å². The summed E-state index contributed by atoms with van der Waals surface area (Å²) in [6, 6.07) is 12.1. The van der Waals surface area contributed by atoms with Crippen LogP contribution >= 0.6 is 0 Å². The summed E-state index contributed by atoms with van der Waals surface area (Å²) in [6.07, 6.45) is 4.05. The first-order valence-electron chi connectivity index (χ1n) is 10.6. The van der Waals surface area contributed by atoms with Gasteiger partial charge in [0, 0.05) is 24.7 Å². The molecule has 1 fully saturated rings. The predicted molar refractivity (Wildman–Crippen MR) is 121 cm³/mol. The van der Waals surface area contributed by atoms with Gasteiger partial charge < -0.3 is 4.90 Å². The van der Waals surface area contributed by atoms with E-state index in [2.05, 4.69) is 27.4 Å². The van der Waals surface area contributed by atoms with E-state index in [1.54, 1.807) is 6.08 Å². The summed E-state index contributed by atoms with van der Waals surface area (Å²) in [5.74, 6) is 0.455. The van der Waals surface area contributed by atoms with Gasteiger partial charge in [0.05, 0.1) is 22.2 Å². The van der Waals surface area contributed by atoms with Crippen LogP contribution in [0.15, 0.2) is 49.1 Å². The first-order valence-corrected chi connectivity index (χ1v) is 10.6. The minimum Gasteiger partial charge on any atom is -0.331 e. The van der Waals surface area contributed by atoms with Gasteiger partial charge in [0.1, 0.15) is 0 Å². The van der Waals surface area contributed by atoms with Crippen molar-refractivity contribution in [2.24, 2.45) is 0 Å². The summed E-state index contributed by atoms with van der Waals surface area (Å²) in [5, 5.41) is 5.64. The van der Waals surface area contributed by atoms with Crippen LogP contribution in [0.4, 0.5) is 0 Å². The molecular weight excluding hydrogens is 372 g/mol. The third-order valence-corrected chi connectivity index (χ3v) is 5.55. The van der Waals surface area contributed by atoms with Crippen LogP contribution in [0.5, 0.6) is 0 Å². The molecule has 1 aliphatic rings. The van der Waals surface area contributed by atoms with E-state index in [-0.39, 0.29) is 11.4 Å². The van der Waals surface area contributed by atoms with E-state index in [4.69, 9.17) is 10.1 Å². The third-order valence-electron chi connectivity index (χ3n) is 5.55. The maximum atomic E-state index is 13.8. The van der Waals surface area contributed by atoms with E-state index in [1.807, 2.05) is 52.9 Å². The topological polar surface area (TPSA) is 51.0 Å². The van der Waals surface area contributed by atoms with Crippen molar-refractivity contribution in [2.45, 2.75) is 58.5 Å². The fourth-order valence-corrected chi connectivity index (χ4v) is 3.88. The summed E-state index contributed by atoms with van der Waals surface area (Å²) in [7, 11) is 0. The number of carbonyl (C=O) groups is 1. The van der Waals surface area contributed by atoms with Crippen LogP contribution in [-0.2, 0) is 12.1 Å². The van der Waals surface area contributed by atoms with Gasteiger partial charge in [-0.15, -0.1) is 6.58 Å². The number of aryl methyl sites for hydroxylation is 1. The summed E-state index contributed by atoms with van der Waals surface area (Å²) < 4.78 is 1.97. The predicted octanol–water partition coefficient (Wildman–Crippen LogP) is 5.20. The Balaban J connectivity index is 1.84. The minimum absolute atomic E-state index is 0.00427. The van der Waals surface area contributed by atoms with E-state index in [0.29, 0.717) is 24.6 Å². The van der Waals surface area contributed by atoms with Crippen LogP contribution in [0.3, 0.4) is 0 Å². The molecule has 4 rings (SSSR count). The number of amides is 1. The molecule has 1 saturated carbocycles. The zero-order chi connectivity index (χ0) is 21.5. The SMILES string of the molecule is C=CCN(Cc1ccccc1)C(=O)c1cc(C2CC2)nc2c1c(C)nn2C(C)(C)C. The number of fused-ring (bicyclic) bond motifs is 1. The Hall–Kier alpha value is -2.95. The van der Waals surface area contributed by atoms with Gasteiger partial charge >= 0.3 is 0 Å². The average molecular weight is 403 g/mol. The molecule has 0 bridgehead atoms. The number of nitrogens with zero attached hydrogens (tertiary/aromatic N) is 4. The Labute approximate surface area is 178 Å². The quantitative estimate of drug-likeness (QED) is 0.533. The fraction of sp³-hybridized carbons (Fsp3) is 0.400.